The number of hydrogen-bond donors (Lipinski definition) is 0. The van der Waals surface area contributed by atoms with Gasteiger partial charge >= 0.3 is 0 Å². The third kappa shape index (κ3) is 2.06. The summed E-state index contributed by atoms with van der Waals surface area (Å²) >= 11 is 1.62. The maximum atomic E-state index is 11.8. The van der Waals surface area contributed by atoms with Crippen molar-refractivity contribution in [1.82, 2.24) is 5.06 Å². The Morgan fingerprint density at radius 2 is 2.20 bits per heavy atom. The Bertz CT molecular complexity index is 349. The lowest BCUT2D eigenvalue weighted by atomic mass is 9.99. The SMILES string of the molecule is CON(C)C(=O)c1cc2c(s1)CCCC2. The lowest BCUT2D eigenvalue weighted by molar-refractivity contribution is -0.0753. The van der Waals surface area contributed by atoms with Gasteiger partial charge < -0.3 is 0 Å². The van der Waals surface area contributed by atoms with Crippen molar-refractivity contribution in [2.75, 3.05) is 14.2 Å². The van der Waals surface area contributed by atoms with Crippen LogP contribution in [0.2, 0.25) is 0 Å². The molecule has 0 radical (unpaired) electrons. The van der Waals surface area contributed by atoms with Crippen LogP contribution in [0.25, 0.3) is 0 Å². The minimum Gasteiger partial charge on any atom is -0.274 e. The summed E-state index contributed by atoms with van der Waals surface area (Å²) < 4.78 is 0. The van der Waals surface area contributed by atoms with E-state index >= 15 is 0 Å². The average molecular weight is 225 g/mol. The van der Waals surface area contributed by atoms with Gasteiger partial charge in [0.2, 0.25) is 0 Å². The van der Waals surface area contributed by atoms with Gasteiger partial charge in [-0.3, -0.25) is 9.63 Å². The second kappa shape index (κ2) is 4.33. The highest BCUT2D eigenvalue weighted by Crippen LogP contribution is 2.30. The smallest absolute Gasteiger partial charge is 0.274 e. The van der Waals surface area contributed by atoms with Crippen molar-refractivity contribution in [2.45, 2.75) is 25.7 Å². The molecule has 0 aliphatic heterocycles. The van der Waals surface area contributed by atoms with Gasteiger partial charge in [0.15, 0.2) is 0 Å². The maximum Gasteiger partial charge on any atom is 0.287 e. The fourth-order valence-corrected chi connectivity index (χ4v) is 3.06. The standard InChI is InChI=1S/C11H15NO2S/c1-12(14-2)11(13)10-7-8-5-3-4-6-9(8)15-10/h7H,3-6H2,1-2H3. The predicted octanol–water partition coefficient (Wildman–Crippen LogP) is 2.26. The Labute approximate surface area is 93.6 Å². The number of hydroxylamine groups is 2. The fourth-order valence-electron chi connectivity index (χ4n) is 1.83. The van der Waals surface area contributed by atoms with Crippen molar-refractivity contribution in [3.63, 3.8) is 0 Å². The summed E-state index contributed by atoms with van der Waals surface area (Å²) in [6.07, 6.45) is 4.75. The van der Waals surface area contributed by atoms with E-state index in [1.807, 2.05) is 6.07 Å². The Morgan fingerprint density at radius 1 is 1.47 bits per heavy atom. The number of amides is 1. The zero-order valence-corrected chi connectivity index (χ0v) is 9.89. The Hall–Kier alpha value is -0.870. The second-order valence-corrected chi connectivity index (χ2v) is 4.89. The van der Waals surface area contributed by atoms with Gasteiger partial charge in [0.05, 0.1) is 12.0 Å². The quantitative estimate of drug-likeness (QED) is 0.723. The van der Waals surface area contributed by atoms with Crippen LogP contribution in [0, 0.1) is 0 Å². The minimum absolute atomic E-state index is 0.0445. The first-order valence-corrected chi connectivity index (χ1v) is 5.97. The van der Waals surface area contributed by atoms with E-state index in [1.54, 1.807) is 18.4 Å². The molecule has 0 atom stereocenters. The highest BCUT2D eigenvalue weighted by Gasteiger charge is 2.19. The second-order valence-electron chi connectivity index (χ2n) is 3.75. The van der Waals surface area contributed by atoms with E-state index in [0.29, 0.717) is 0 Å². The number of aryl methyl sites for hydroxylation is 2. The van der Waals surface area contributed by atoms with Crippen molar-refractivity contribution >= 4 is 17.2 Å². The number of carbonyl (C=O) groups excluding carboxylic acids is 1. The molecule has 1 amide bonds. The molecule has 1 aliphatic rings. The van der Waals surface area contributed by atoms with Gasteiger partial charge in [-0.2, -0.15) is 0 Å². The zero-order chi connectivity index (χ0) is 10.8. The van der Waals surface area contributed by atoms with Crippen LogP contribution in [-0.4, -0.2) is 25.1 Å². The number of hydrogen-bond acceptors (Lipinski definition) is 3. The van der Waals surface area contributed by atoms with Gasteiger partial charge in [0.1, 0.15) is 0 Å². The first-order chi connectivity index (χ1) is 7.22. The van der Waals surface area contributed by atoms with E-state index in [0.717, 1.165) is 17.7 Å². The summed E-state index contributed by atoms with van der Waals surface area (Å²) in [5, 5.41) is 1.28. The maximum absolute atomic E-state index is 11.8. The van der Waals surface area contributed by atoms with Gasteiger partial charge in [0, 0.05) is 11.9 Å². The number of rotatable bonds is 2. The largest absolute Gasteiger partial charge is 0.287 e. The normalized spacial score (nSPS) is 14.8. The fraction of sp³-hybridized carbons (Fsp3) is 0.545. The van der Waals surface area contributed by atoms with Crippen LogP contribution < -0.4 is 0 Å². The number of thiophene rings is 1. The topological polar surface area (TPSA) is 29.5 Å². The average Bonchev–Trinajstić information content (AvgIpc) is 2.70. The van der Waals surface area contributed by atoms with Crippen molar-refractivity contribution < 1.29 is 9.63 Å². The summed E-state index contributed by atoms with van der Waals surface area (Å²) in [4.78, 5) is 18.9. The van der Waals surface area contributed by atoms with Crippen LogP contribution in [0.15, 0.2) is 6.07 Å². The molecule has 1 aromatic heterocycles. The van der Waals surface area contributed by atoms with Crippen LogP contribution in [0.3, 0.4) is 0 Å². The van der Waals surface area contributed by atoms with Gasteiger partial charge in [-0.1, -0.05) is 0 Å². The lowest BCUT2D eigenvalue weighted by Crippen LogP contribution is -2.24. The highest BCUT2D eigenvalue weighted by atomic mass is 32.1. The van der Waals surface area contributed by atoms with Crippen LogP contribution >= 0.6 is 11.3 Å². The lowest BCUT2D eigenvalue weighted by Gasteiger charge is -2.11. The van der Waals surface area contributed by atoms with Crippen molar-refractivity contribution in [2.24, 2.45) is 0 Å². The number of fused-ring (bicyclic) bond motifs is 1. The first kappa shape index (κ1) is 10.6. The van der Waals surface area contributed by atoms with E-state index in [2.05, 4.69) is 0 Å². The summed E-state index contributed by atoms with van der Waals surface area (Å²) in [7, 11) is 3.15. The van der Waals surface area contributed by atoms with Crippen LogP contribution in [-0.2, 0) is 17.7 Å². The van der Waals surface area contributed by atoms with Gasteiger partial charge in [-0.15, -0.1) is 11.3 Å². The molecule has 15 heavy (non-hydrogen) atoms. The molecule has 2 rings (SSSR count). The molecule has 1 aliphatic carbocycles. The Kier molecular flexibility index (Phi) is 3.07. The van der Waals surface area contributed by atoms with Gasteiger partial charge in [0.25, 0.3) is 5.91 Å². The molecule has 82 valence electrons. The van der Waals surface area contributed by atoms with Gasteiger partial charge in [-0.25, -0.2) is 5.06 Å². The molecular formula is C11H15NO2S. The Balaban J connectivity index is 2.22. The molecule has 0 fully saturated rings. The van der Waals surface area contributed by atoms with Crippen molar-refractivity contribution in [3.05, 3.63) is 21.4 Å². The van der Waals surface area contributed by atoms with Crippen LogP contribution in [0.1, 0.15) is 33.0 Å². The summed E-state index contributed by atoms with van der Waals surface area (Å²) in [6, 6.07) is 2.02. The van der Waals surface area contributed by atoms with Crippen molar-refractivity contribution in [1.29, 1.82) is 0 Å². The monoisotopic (exact) mass is 225 g/mol. The molecule has 4 heteroatoms. The molecule has 0 bridgehead atoms. The Morgan fingerprint density at radius 3 is 2.87 bits per heavy atom. The van der Waals surface area contributed by atoms with Crippen LogP contribution in [0.4, 0.5) is 0 Å². The van der Waals surface area contributed by atoms with Crippen molar-refractivity contribution in [3.8, 4) is 0 Å². The van der Waals surface area contributed by atoms with E-state index in [9.17, 15) is 4.79 Å². The first-order valence-electron chi connectivity index (χ1n) is 5.16. The highest BCUT2D eigenvalue weighted by molar-refractivity contribution is 7.14. The van der Waals surface area contributed by atoms with Gasteiger partial charge in [-0.05, 0) is 37.3 Å². The van der Waals surface area contributed by atoms with E-state index in [1.165, 1.54) is 35.5 Å². The molecule has 0 unspecified atom stereocenters. The molecule has 0 aromatic carbocycles. The molecule has 0 saturated carbocycles. The molecule has 0 N–H and O–H groups in total. The third-order valence-corrected chi connectivity index (χ3v) is 3.99. The summed E-state index contributed by atoms with van der Waals surface area (Å²) in [6.45, 7) is 0. The molecule has 0 spiro atoms. The van der Waals surface area contributed by atoms with E-state index in [-0.39, 0.29) is 5.91 Å². The predicted molar refractivity (Wildman–Crippen MR) is 60.1 cm³/mol. The summed E-state index contributed by atoms with van der Waals surface area (Å²) in [5.41, 5.74) is 1.36. The zero-order valence-electron chi connectivity index (χ0n) is 9.08. The molecule has 0 saturated heterocycles. The summed E-state index contributed by atoms with van der Waals surface area (Å²) in [5.74, 6) is -0.0445. The van der Waals surface area contributed by atoms with Crippen LogP contribution in [0.5, 0.6) is 0 Å². The van der Waals surface area contributed by atoms with E-state index in [4.69, 9.17) is 4.84 Å². The molecule has 1 aromatic rings. The molecule has 1 heterocycles. The van der Waals surface area contributed by atoms with E-state index < -0.39 is 0 Å². The third-order valence-electron chi connectivity index (χ3n) is 2.77. The minimum atomic E-state index is -0.0445. The molecule has 3 nitrogen and oxygen atoms in total. The number of nitrogens with zero attached hydrogens (tertiary/aromatic N) is 1. The molecular weight excluding hydrogens is 210 g/mol. The number of carbonyl (C=O) groups is 1.